The summed E-state index contributed by atoms with van der Waals surface area (Å²) in [6.07, 6.45) is 6.23. The molecular formula is C11H17NO. The number of hydrogen-bond acceptors (Lipinski definition) is 2. The molecule has 0 aliphatic heterocycles. The zero-order valence-electron chi connectivity index (χ0n) is 8.29. The molecule has 2 rings (SSSR count). The minimum Gasteiger partial charge on any atom is -0.472 e. The molecule has 3 unspecified atom stereocenters. The van der Waals surface area contributed by atoms with Crippen molar-refractivity contribution in [1.82, 2.24) is 5.32 Å². The fourth-order valence-corrected chi connectivity index (χ4v) is 2.53. The molecule has 1 aliphatic rings. The van der Waals surface area contributed by atoms with Gasteiger partial charge in [-0.1, -0.05) is 6.92 Å². The third-order valence-corrected chi connectivity index (χ3v) is 3.40. The summed E-state index contributed by atoms with van der Waals surface area (Å²) in [5.74, 6) is 1.42. The smallest absolute Gasteiger partial charge is 0.0937 e. The third-order valence-electron chi connectivity index (χ3n) is 3.40. The minimum absolute atomic E-state index is 0.680. The van der Waals surface area contributed by atoms with E-state index in [0.29, 0.717) is 12.0 Å². The van der Waals surface area contributed by atoms with Gasteiger partial charge in [0.2, 0.25) is 0 Å². The zero-order chi connectivity index (χ0) is 9.26. The fourth-order valence-electron chi connectivity index (χ4n) is 2.53. The molecule has 0 saturated heterocycles. The van der Waals surface area contributed by atoms with Crippen LogP contribution in [-0.4, -0.2) is 13.1 Å². The highest BCUT2D eigenvalue weighted by Crippen LogP contribution is 2.39. The van der Waals surface area contributed by atoms with Gasteiger partial charge in [-0.2, -0.15) is 0 Å². The molecule has 0 bridgehead atoms. The Labute approximate surface area is 79.3 Å². The molecule has 1 aromatic heterocycles. The van der Waals surface area contributed by atoms with Crippen molar-refractivity contribution < 1.29 is 4.42 Å². The van der Waals surface area contributed by atoms with Gasteiger partial charge in [0.15, 0.2) is 0 Å². The standard InChI is InChI=1S/C11H17NO/c1-8-10(3-4-11(8)12-2)9-5-6-13-7-9/h5-8,10-12H,3-4H2,1-2H3. The van der Waals surface area contributed by atoms with Gasteiger partial charge in [-0.05, 0) is 43.4 Å². The van der Waals surface area contributed by atoms with Crippen molar-refractivity contribution in [3.63, 3.8) is 0 Å². The van der Waals surface area contributed by atoms with E-state index in [1.165, 1.54) is 18.4 Å². The summed E-state index contributed by atoms with van der Waals surface area (Å²) in [6.45, 7) is 2.33. The molecule has 1 aromatic rings. The van der Waals surface area contributed by atoms with Gasteiger partial charge in [0.25, 0.3) is 0 Å². The Morgan fingerprint density at radius 1 is 1.46 bits per heavy atom. The van der Waals surface area contributed by atoms with Crippen LogP contribution in [0.1, 0.15) is 31.2 Å². The molecule has 1 N–H and O–H groups in total. The highest BCUT2D eigenvalue weighted by atomic mass is 16.3. The van der Waals surface area contributed by atoms with Gasteiger partial charge >= 0.3 is 0 Å². The topological polar surface area (TPSA) is 25.2 Å². The Morgan fingerprint density at radius 2 is 2.31 bits per heavy atom. The van der Waals surface area contributed by atoms with Crippen LogP contribution in [0.2, 0.25) is 0 Å². The Kier molecular flexibility index (Phi) is 2.40. The molecule has 1 aliphatic carbocycles. The molecule has 0 aromatic carbocycles. The van der Waals surface area contributed by atoms with Gasteiger partial charge < -0.3 is 9.73 Å². The summed E-state index contributed by atoms with van der Waals surface area (Å²) in [7, 11) is 2.05. The quantitative estimate of drug-likeness (QED) is 0.754. The predicted octanol–water partition coefficient (Wildman–Crippen LogP) is 2.38. The maximum Gasteiger partial charge on any atom is 0.0937 e. The van der Waals surface area contributed by atoms with Crippen LogP contribution in [0.15, 0.2) is 23.0 Å². The van der Waals surface area contributed by atoms with Crippen molar-refractivity contribution >= 4 is 0 Å². The molecule has 0 radical (unpaired) electrons. The van der Waals surface area contributed by atoms with Crippen LogP contribution in [0.4, 0.5) is 0 Å². The molecule has 0 spiro atoms. The molecule has 1 heterocycles. The van der Waals surface area contributed by atoms with Crippen molar-refractivity contribution in [2.45, 2.75) is 31.7 Å². The summed E-state index contributed by atoms with van der Waals surface area (Å²) in [5, 5.41) is 3.37. The summed E-state index contributed by atoms with van der Waals surface area (Å²) >= 11 is 0. The van der Waals surface area contributed by atoms with E-state index < -0.39 is 0 Å². The molecule has 3 atom stereocenters. The Morgan fingerprint density at radius 3 is 2.85 bits per heavy atom. The molecule has 13 heavy (non-hydrogen) atoms. The van der Waals surface area contributed by atoms with E-state index in [1.54, 1.807) is 6.26 Å². The summed E-state index contributed by atoms with van der Waals surface area (Å²) < 4.78 is 5.12. The van der Waals surface area contributed by atoms with Gasteiger partial charge in [-0.3, -0.25) is 0 Å². The minimum atomic E-state index is 0.680. The van der Waals surface area contributed by atoms with Gasteiger partial charge in [-0.15, -0.1) is 0 Å². The first-order chi connectivity index (χ1) is 6.33. The molecule has 0 amide bonds. The van der Waals surface area contributed by atoms with Crippen molar-refractivity contribution in [2.24, 2.45) is 5.92 Å². The van der Waals surface area contributed by atoms with Crippen molar-refractivity contribution in [2.75, 3.05) is 7.05 Å². The summed E-state index contributed by atoms with van der Waals surface area (Å²) in [4.78, 5) is 0. The van der Waals surface area contributed by atoms with Crippen LogP contribution >= 0.6 is 0 Å². The second kappa shape index (κ2) is 3.54. The van der Waals surface area contributed by atoms with E-state index in [9.17, 15) is 0 Å². The van der Waals surface area contributed by atoms with Crippen LogP contribution < -0.4 is 5.32 Å². The monoisotopic (exact) mass is 179 g/mol. The van der Waals surface area contributed by atoms with E-state index in [1.807, 2.05) is 6.26 Å². The molecule has 72 valence electrons. The first-order valence-corrected chi connectivity index (χ1v) is 5.02. The van der Waals surface area contributed by atoms with E-state index in [-0.39, 0.29) is 0 Å². The summed E-state index contributed by atoms with van der Waals surface area (Å²) in [6, 6.07) is 2.78. The second-order valence-corrected chi connectivity index (χ2v) is 3.99. The SMILES string of the molecule is CNC1CCC(c2ccoc2)C1C. The lowest BCUT2D eigenvalue weighted by molar-refractivity contribution is 0.426. The summed E-state index contributed by atoms with van der Waals surface area (Å²) in [5.41, 5.74) is 1.37. The Hall–Kier alpha value is -0.760. The molecule has 1 fully saturated rings. The van der Waals surface area contributed by atoms with Gasteiger partial charge in [0.05, 0.1) is 12.5 Å². The zero-order valence-corrected chi connectivity index (χ0v) is 8.29. The van der Waals surface area contributed by atoms with Gasteiger partial charge in [0.1, 0.15) is 0 Å². The first-order valence-electron chi connectivity index (χ1n) is 5.02. The van der Waals surface area contributed by atoms with E-state index in [0.717, 1.165) is 5.92 Å². The maximum atomic E-state index is 5.12. The lowest BCUT2D eigenvalue weighted by Crippen LogP contribution is -2.28. The van der Waals surface area contributed by atoms with Crippen LogP contribution in [0, 0.1) is 5.92 Å². The highest BCUT2D eigenvalue weighted by molar-refractivity contribution is 5.16. The van der Waals surface area contributed by atoms with E-state index >= 15 is 0 Å². The van der Waals surface area contributed by atoms with Crippen LogP contribution in [0.3, 0.4) is 0 Å². The first kappa shape index (κ1) is 8.82. The van der Waals surface area contributed by atoms with E-state index in [2.05, 4.69) is 25.4 Å². The number of furan rings is 1. The second-order valence-electron chi connectivity index (χ2n) is 3.99. The van der Waals surface area contributed by atoms with Crippen LogP contribution in [0.5, 0.6) is 0 Å². The fraction of sp³-hybridized carbons (Fsp3) is 0.636. The molecule has 2 heteroatoms. The molecule has 2 nitrogen and oxygen atoms in total. The predicted molar refractivity (Wildman–Crippen MR) is 52.7 cm³/mol. The van der Waals surface area contributed by atoms with Crippen LogP contribution in [0.25, 0.3) is 0 Å². The normalized spacial score (nSPS) is 33.8. The van der Waals surface area contributed by atoms with Crippen molar-refractivity contribution in [3.8, 4) is 0 Å². The van der Waals surface area contributed by atoms with Crippen LogP contribution in [-0.2, 0) is 0 Å². The van der Waals surface area contributed by atoms with Gasteiger partial charge in [-0.25, -0.2) is 0 Å². The highest BCUT2D eigenvalue weighted by Gasteiger charge is 2.32. The maximum absolute atomic E-state index is 5.12. The van der Waals surface area contributed by atoms with E-state index in [4.69, 9.17) is 4.42 Å². The Balaban J connectivity index is 2.11. The lowest BCUT2D eigenvalue weighted by atomic mass is 9.91. The molecule has 1 saturated carbocycles. The molecular weight excluding hydrogens is 162 g/mol. The average molecular weight is 179 g/mol. The van der Waals surface area contributed by atoms with Gasteiger partial charge in [0, 0.05) is 6.04 Å². The number of rotatable bonds is 2. The largest absolute Gasteiger partial charge is 0.472 e. The Bertz CT molecular complexity index is 255. The average Bonchev–Trinajstić information content (AvgIpc) is 2.72. The number of hydrogen-bond donors (Lipinski definition) is 1. The van der Waals surface area contributed by atoms with Crippen molar-refractivity contribution in [1.29, 1.82) is 0 Å². The number of nitrogens with one attached hydrogen (secondary N) is 1. The third kappa shape index (κ3) is 1.51. The lowest BCUT2D eigenvalue weighted by Gasteiger charge is -2.18. The van der Waals surface area contributed by atoms with Crippen molar-refractivity contribution in [3.05, 3.63) is 24.2 Å².